The highest BCUT2D eigenvalue weighted by molar-refractivity contribution is 7.90. The van der Waals surface area contributed by atoms with Crippen molar-refractivity contribution in [2.24, 2.45) is 0 Å². The van der Waals surface area contributed by atoms with Gasteiger partial charge in [0.15, 0.2) is 15.9 Å². The first kappa shape index (κ1) is 17.0. The molecular weight excluding hydrogens is 344 g/mol. The maximum atomic E-state index is 12.3. The highest BCUT2D eigenvalue weighted by Crippen LogP contribution is 2.32. The molecule has 0 unspecified atom stereocenters. The summed E-state index contributed by atoms with van der Waals surface area (Å²) in [7, 11) is -3.31. The van der Waals surface area contributed by atoms with Crippen LogP contribution in [-0.4, -0.2) is 32.6 Å². The van der Waals surface area contributed by atoms with Crippen molar-refractivity contribution in [3.63, 3.8) is 0 Å². The summed E-state index contributed by atoms with van der Waals surface area (Å²) in [6, 6.07) is 10.6. The number of nitrogens with one attached hydrogen (secondary N) is 2. The van der Waals surface area contributed by atoms with Crippen LogP contribution < -0.4 is 15.4 Å². The molecule has 3 rings (SSSR count). The minimum Gasteiger partial charge on any atom is -0.479 e. The Morgan fingerprint density at radius 3 is 2.48 bits per heavy atom. The number of sulfone groups is 1. The zero-order valence-corrected chi connectivity index (χ0v) is 14.4. The highest BCUT2D eigenvalue weighted by atomic mass is 32.2. The molecule has 1 atom stereocenters. The quantitative estimate of drug-likeness (QED) is 0.872. The summed E-state index contributed by atoms with van der Waals surface area (Å²) in [4.78, 5) is 24.1. The number of amides is 2. The second kappa shape index (κ2) is 6.21. The van der Waals surface area contributed by atoms with Gasteiger partial charge in [0.1, 0.15) is 5.75 Å². The number of ether oxygens (including phenoxy) is 1. The Morgan fingerprint density at radius 1 is 1.16 bits per heavy atom. The predicted octanol–water partition coefficient (Wildman–Crippen LogP) is 2.06. The van der Waals surface area contributed by atoms with E-state index in [1.54, 1.807) is 25.1 Å². The number of fused-ring (bicyclic) bond motifs is 1. The maximum absolute atomic E-state index is 12.3. The molecule has 1 aliphatic rings. The van der Waals surface area contributed by atoms with Crippen LogP contribution >= 0.6 is 0 Å². The molecule has 0 bridgehead atoms. The van der Waals surface area contributed by atoms with Gasteiger partial charge in [0.05, 0.1) is 10.6 Å². The van der Waals surface area contributed by atoms with Crippen LogP contribution in [0.1, 0.15) is 17.3 Å². The third-order valence-electron chi connectivity index (χ3n) is 3.71. The SMILES string of the molecule is C[C@@H]1Oc2ccc(NC(=O)c3ccc(S(C)(=O)=O)cc3)cc2NC1=O. The van der Waals surface area contributed by atoms with Crippen molar-refractivity contribution in [1.29, 1.82) is 0 Å². The second-order valence-corrected chi connectivity index (χ2v) is 7.73. The van der Waals surface area contributed by atoms with E-state index in [-0.39, 0.29) is 10.8 Å². The summed E-state index contributed by atoms with van der Waals surface area (Å²) < 4.78 is 28.3. The van der Waals surface area contributed by atoms with Crippen LogP contribution in [0.4, 0.5) is 11.4 Å². The molecule has 7 nitrogen and oxygen atoms in total. The number of rotatable bonds is 3. The molecule has 0 radical (unpaired) electrons. The number of hydrogen-bond acceptors (Lipinski definition) is 5. The fraction of sp³-hybridized carbons (Fsp3) is 0.176. The molecule has 1 heterocycles. The van der Waals surface area contributed by atoms with Gasteiger partial charge in [-0.1, -0.05) is 0 Å². The molecule has 0 aliphatic carbocycles. The summed E-state index contributed by atoms with van der Waals surface area (Å²) in [6.45, 7) is 1.65. The molecule has 25 heavy (non-hydrogen) atoms. The molecule has 1 aliphatic heterocycles. The second-order valence-electron chi connectivity index (χ2n) is 5.71. The van der Waals surface area contributed by atoms with Crippen LogP contribution in [0.25, 0.3) is 0 Å². The monoisotopic (exact) mass is 360 g/mol. The molecule has 0 saturated heterocycles. The van der Waals surface area contributed by atoms with Crippen molar-refractivity contribution in [3.05, 3.63) is 48.0 Å². The van der Waals surface area contributed by atoms with E-state index in [1.165, 1.54) is 24.3 Å². The lowest BCUT2D eigenvalue weighted by Crippen LogP contribution is -2.34. The summed E-state index contributed by atoms with van der Waals surface area (Å²) in [5.74, 6) is -0.119. The fourth-order valence-electron chi connectivity index (χ4n) is 2.34. The van der Waals surface area contributed by atoms with E-state index < -0.39 is 21.8 Å². The molecule has 0 spiro atoms. The van der Waals surface area contributed by atoms with Gasteiger partial charge in [0.2, 0.25) is 0 Å². The van der Waals surface area contributed by atoms with Crippen LogP contribution in [0.3, 0.4) is 0 Å². The first-order valence-corrected chi connectivity index (χ1v) is 9.36. The lowest BCUT2D eigenvalue weighted by molar-refractivity contribution is -0.122. The molecular formula is C17H16N2O5S. The van der Waals surface area contributed by atoms with Crippen LogP contribution in [0.5, 0.6) is 5.75 Å². The summed E-state index contributed by atoms with van der Waals surface area (Å²) in [5, 5.41) is 5.40. The molecule has 8 heteroatoms. The zero-order chi connectivity index (χ0) is 18.2. The average Bonchev–Trinajstić information content (AvgIpc) is 2.55. The van der Waals surface area contributed by atoms with Gasteiger partial charge in [-0.25, -0.2) is 8.42 Å². The van der Waals surface area contributed by atoms with Gasteiger partial charge in [0.25, 0.3) is 11.8 Å². The van der Waals surface area contributed by atoms with Gasteiger partial charge >= 0.3 is 0 Å². The minimum atomic E-state index is -3.31. The average molecular weight is 360 g/mol. The van der Waals surface area contributed by atoms with Crippen molar-refractivity contribution >= 4 is 33.0 Å². The van der Waals surface area contributed by atoms with E-state index in [1.807, 2.05) is 0 Å². The van der Waals surface area contributed by atoms with Crippen molar-refractivity contribution in [1.82, 2.24) is 0 Å². The van der Waals surface area contributed by atoms with E-state index in [2.05, 4.69) is 10.6 Å². The number of hydrogen-bond donors (Lipinski definition) is 2. The minimum absolute atomic E-state index is 0.145. The van der Waals surface area contributed by atoms with Crippen LogP contribution in [0.2, 0.25) is 0 Å². The lowest BCUT2D eigenvalue weighted by atomic mass is 10.2. The summed E-state index contributed by atoms with van der Waals surface area (Å²) in [5.41, 5.74) is 1.28. The van der Waals surface area contributed by atoms with Gasteiger partial charge in [-0.3, -0.25) is 9.59 Å². The molecule has 2 N–H and O–H groups in total. The Morgan fingerprint density at radius 2 is 1.84 bits per heavy atom. The predicted molar refractivity (Wildman–Crippen MR) is 92.7 cm³/mol. The van der Waals surface area contributed by atoms with Gasteiger partial charge < -0.3 is 15.4 Å². The molecule has 0 aromatic heterocycles. The Labute approximate surface area is 144 Å². The van der Waals surface area contributed by atoms with Gasteiger partial charge in [-0.15, -0.1) is 0 Å². The normalized spacial score (nSPS) is 16.4. The smallest absolute Gasteiger partial charge is 0.265 e. The summed E-state index contributed by atoms with van der Waals surface area (Å²) in [6.07, 6.45) is 0.535. The van der Waals surface area contributed by atoms with Crippen molar-refractivity contribution in [2.45, 2.75) is 17.9 Å². The third kappa shape index (κ3) is 3.63. The van der Waals surface area contributed by atoms with Crippen LogP contribution in [0.15, 0.2) is 47.4 Å². The van der Waals surface area contributed by atoms with Crippen molar-refractivity contribution in [2.75, 3.05) is 16.9 Å². The molecule has 2 aromatic rings. The molecule has 0 fully saturated rings. The third-order valence-corrected chi connectivity index (χ3v) is 4.84. The Kier molecular flexibility index (Phi) is 4.22. The fourth-order valence-corrected chi connectivity index (χ4v) is 2.97. The molecule has 130 valence electrons. The number of carbonyl (C=O) groups is 2. The van der Waals surface area contributed by atoms with Crippen molar-refractivity contribution < 1.29 is 22.7 Å². The zero-order valence-electron chi connectivity index (χ0n) is 13.6. The van der Waals surface area contributed by atoms with E-state index in [4.69, 9.17) is 4.74 Å². The summed E-state index contributed by atoms with van der Waals surface area (Å²) >= 11 is 0. The lowest BCUT2D eigenvalue weighted by Gasteiger charge is -2.23. The first-order chi connectivity index (χ1) is 11.7. The van der Waals surface area contributed by atoms with Crippen LogP contribution in [0, 0.1) is 0 Å². The largest absolute Gasteiger partial charge is 0.479 e. The highest BCUT2D eigenvalue weighted by Gasteiger charge is 2.23. The van der Waals surface area contributed by atoms with Gasteiger partial charge in [0, 0.05) is 17.5 Å². The molecule has 2 amide bonds. The van der Waals surface area contributed by atoms with E-state index in [0.29, 0.717) is 22.7 Å². The topological polar surface area (TPSA) is 102 Å². The van der Waals surface area contributed by atoms with E-state index in [0.717, 1.165) is 6.26 Å². The molecule has 0 saturated carbocycles. The molecule has 2 aromatic carbocycles. The standard InChI is InChI=1S/C17H16N2O5S/c1-10-16(20)19-14-9-12(5-8-15(14)24-10)18-17(21)11-3-6-13(7-4-11)25(2,22)23/h3-10H,1-2H3,(H,18,21)(H,19,20)/t10-/m0/s1. The maximum Gasteiger partial charge on any atom is 0.265 e. The van der Waals surface area contributed by atoms with Gasteiger partial charge in [-0.05, 0) is 49.4 Å². The van der Waals surface area contributed by atoms with E-state index in [9.17, 15) is 18.0 Å². The van der Waals surface area contributed by atoms with Crippen molar-refractivity contribution in [3.8, 4) is 5.75 Å². The number of carbonyl (C=O) groups excluding carboxylic acids is 2. The first-order valence-electron chi connectivity index (χ1n) is 7.47. The number of anilines is 2. The number of benzene rings is 2. The Bertz CT molecular complexity index is 952. The Balaban J connectivity index is 1.77. The van der Waals surface area contributed by atoms with Gasteiger partial charge in [-0.2, -0.15) is 0 Å². The Hall–Kier alpha value is -2.87. The van der Waals surface area contributed by atoms with E-state index >= 15 is 0 Å². The van der Waals surface area contributed by atoms with Crippen LogP contribution in [-0.2, 0) is 14.6 Å².